The number of carbonyl (C=O) groups is 1. The lowest BCUT2D eigenvalue weighted by Gasteiger charge is -2.28. The molecule has 0 bridgehead atoms. The van der Waals surface area contributed by atoms with Crippen molar-refractivity contribution in [2.24, 2.45) is 0 Å². The van der Waals surface area contributed by atoms with Crippen molar-refractivity contribution in [1.29, 1.82) is 0 Å². The van der Waals surface area contributed by atoms with Crippen LogP contribution in [0.4, 0.5) is 13.2 Å². The summed E-state index contributed by atoms with van der Waals surface area (Å²) in [5.74, 6) is -4.03. The van der Waals surface area contributed by atoms with Gasteiger partial charge < -0.3 is 14.6 Å². The van der Waals surface area contributed by atoms with Gasteiger partial charge in [0, 0.05) is 6.42 Å². The molecule has 1 aliphatic rings. The fourth-order valence-corrected chi connectivity index (χ4v) is 1.18. The molecule has 0 aromatic rings. The van der Waals surface area contributed by atoms with E-state index in [-0.39, 0.29) is 13.2 Å². The number of halogens is 3. The van der Waals surface area contributed by atoms with E-state index in [0.717, 1.165) is 0 Å². The van der Waals surface area contributed by atoms with Crippen molar-refractivity contribution in [1.82, 2.24) is 0 Å². The topological polar surface area (TPSA) is 55.8 Å². The van der Waals surface area contributed by atoms with E-state index in [0.29, 0.717) is 0 Å². The fraction of sp³-hybridized carbons (Fsp3) is 0.857. The van der Waals surface area contributed by atoms with Gasteiger partial charge in [-0.3, -0.25) is 4.79 Å². The monoisotopic (exact) mass is 214 g/mol. The molecule has 82 valence electrons. The number of aliphatic carboxylic acids is 1. The minimum absolute atomic E-state index is 0.168. The van der Waals surface area contributed by atoms with Crippen LogP contribution in [-0.2, 0) is 14.3 Å². The molecule has 0 aliphatic carbocycles. The Bertz CT molecular complexity index is 219. The molecule has 1 heterocycles. The Kier molecular flexibility index (Phi) is 3.01. The van der Waals surface area contributed by atoms with Gasteiger partial charge in [0.1, 0.15) is 0 Å². The lowest BCUT2D eigenvalue weighted by Crippen LogP contribution is -2.46. The van der Waals surface area contributed by atoms with Gasteiger partial charge in [-0.2, -0.15) is 13.2 Å². The summed E-state index contributed by atoms with van der Waals surface area (Å²) in [6.45, 7) is -0.335. The predicted molar refractivity (Wildman–Crippen MR) is 37.6 cm³/mol. The van der Waals surface area contributed by atoms with E-state index in [2.05, 4.69) is 9.47 Å². The molecular weight excluding hydrogens is 205 g/mol. The highest BCUT2D eigenvalue weighted by Crippen LogP contribution is 2.40. The summed E-state index contributed by atoms with van der Waals surface area (Å²) in [6.07, 6.45) is -6.05. The standard InChI is InChI=1S/C7H9F3O4/c8-7(9,10)6(2-1-5(11)12)13-3-4-14-6/h1-4H2,(H,11,12). The second-order valence-corrected chi connectivity index (χ2v) is 2.84. The predicted octanol–water partition coefficient (Wildman–Crippen LogP) is 1.16. The summed E-state index contributed by atoms with van der Waals surface area (Å²) >= 11 is 0. The second kappa shape index (κ2) is 3.74. The normalized spacial score (nSPS) is 21.1. The number of alkyl halides is 3. The van der Waals surface area contributed by atoms with Crippen molar-refractivity contribution in [3.8, 4) is 0 Å². The van der Waals surface area contributed by atoms with Crippen molar-refractivity contribution in [3.63, 3.8) is 0 Å². The van der Waals surface area contributed by atoms with Crippen LogP contribution in [0.3, 0.4) is 0 Å². The smallest absolute Gasteiger partial charge is 0.443 e. The van der Waals surface area contributed by atoms with Gasteiger partial charge in [-0.05, 0) is 0 Å². The summed E-state index contributed by atoms with van der Waals surface area (Å²) in [4.78, 5) is 10.1. The zero-order valence-electron chi connectivity index (χ0n) is 7.13. The summed E-state index contributed by atoms with van der Waals surface area (Å²) in [6, 6.07) is 0. The molecule has 1 rings (SSSR count). The van der Waals surface area contributed by atoms with Crippen molar-refractivity contribution < 1.29 is 32.5 Å². The van der Waals surface area contributed by atoms with E-state index in [1.165, 1.54) is 0 Å². The van der Waals surface area contributed by atoms with E-state index in [1.807, 2.05) is 0 Å². The second-order valence-electron chi connectivity index (χ2n) is 2.84. The Morgan fingerprint density at radius 2 is 1.86 bits per heavy atom. The Hall–Kier alpha value is -0.820. The molecule has 14 heavy (non-hydrogen) atoms. The zero-order valence-corrected chi connectivity index (χ0v) is 7.13. The minimum atomic E-state index is -4.70. The van der Waals surface area contributed by atoms with Gasteiger partial charge in [0.15, 0.2) is 0 Å². The Balaban J connectivity index is 2.67. The first-order valence-corrected chi connectivity index (χ1v) is 3.94. The summed E-state index contributed by atoms with van der Waals surface area (Å²) in [7, 11) is 0. The number of ether oxygens (including phenoxy) is 2. The molecule has 7 heteroatoms. The highest BCUT2D eigenvalue weighted by molar-refractivity contribution is 5.66. The fourth-order valence-electron chi connectivity index (χ4n) is 1.18. The molecule has 1 aliphatic heterocycles. The number of rotatable bonds is 3. The van der Waals surface area contributed by atoms with E-state index in [9.17, 15) is 18.0 Å². The van der Waals surface area contributed by atoms with Crippen LogP contribution in [0.1, 0.15) is 12.8 Å². The molecule has 0 atom stereocenters. The Morgan fingerprint density at radius 1 is 1.36 bits per heavy atom. The summed E-state index contributed by atoms with van der Waals surface area (Å²) in [5.41, 5.74) is 0. The first kappa shape index (κ1) is 11.3. The molecule has 1 saturated heterocycles. The average molecular weight is 214 g/mol. The van der Waals surface area contributed by atoms with Crippen LogP contribution in [0.5, 0.6) is 0 Å². The molecule has 0 amide bonds. The largest absolute Gasteiger partial charge is 0.481 e. The van der Waals surface area contributed by atoms with Gasteiger partial charge in [-0.15, -0.1) is 0 Å². The van der Waals surface area contributed by atoms with Gasteiger partial charge in [-0.1, -0.05) is 0 Å². The number of carboxylic acid groups (broad SMARTS) is 1. The van der Waals surface area contributed by atoms with Crippen LogP contribution >= 0.6 is 0 Å². The molecular formula is C7H9F3O4. The Morgan fingerprint density at radius 3 is 2.21 bits per heavy atom. The number of carboxylic acids is 1. The Labute approximate surface area is 77.6 Å². The van der Waals surface area contributed by atoms with Crippen LogP contribution in [0, 0.1) is 0 Å². The van der Waals surface area contributed by atoms with Gasteiger partial charge >= 0.3 is 12.1 Å². The van der Waals surface area contributed by atoms with E-state index < -0.39 is 30.8 Å². The molecule has 0 unspecified atom stereocenters. The maximum atomic E-state index is 12.4. The molecule has 0 aromatic carbocycles. The summed E-state index contributed by atoms with van der Waals surface area (Å²) in [5, 5.41) is 8.28. The lowest BCUT2D eigenvalue weighted by atomic mass is 10.1. The van der Waals surface area contributed by atoms with Crippen molar-refractivity contribution in [2.75, 3.05) is 13.2 Å². The molecule has 0 spiro atoms. The van der Waals surface area contributed by atoms with Crippen LogP contribution in [0.2, 0.25) is 0 Å². The quantitative estimate of drug-likeness (QED) is 0.765. The van der Waals surface area contributed by atoms with Crippen LogP contribution < -0.4 is 0 Å². The van der Waals surface area contributed by atoms with Gasteiger partial charge in [0.2, 0.25) is 0 Å². The third-order valence-electron chi connectivity index (χ3n) is 1.85. The molecule has 4 nitrogen and oxygen atoms in total. The highest BCUT2D eigenvalue weighted by atomic mass is 19.4. The summed E-state index contributed by atoms with van der Waals surface area (Å²) < 4.78 is 46.2. The van der Waals surface area contributed by atoms with Crippen LogP contribution in [0.15, 0.2) is 0 Å². The molecule has 1 N–H and O–H groups in total. The molecule has 0 aromatic heterocycles. The number of hydrogen-bond acceptors (Lipinski definition) is 3. The molecule has 1 fully saturated rings. The average Bonchev–Trinajstić information content (AvgIpc) is 2.48. The van der Waals surface area contributed by atoms with Gasteiger partial charge in [0.25, 0.3) is 5.79 Å². The van der Waals surface area contributed by atoms with Gasteiger partial charge in [0.05, 0.1) is 19.6 Å². The number of hydrogen-bond donors (Lipinski definition) is 1. The van der Waals surface area contributed by atoms with E-state index >= 15 is 0 Å². The molecule has 0 saturated carbocycles. The van der Waals surface area contributed by atoms with E-state index in [4.69, 9.17) is 5.11 Å². The maximum absolute atomic E-state index is 12.4. The van der Waals surface area contributed by atoms with Crippen molar-refractivity contribution >= 4 is 5.97 Å². The van der Waals surface area contributed by atoms with Crippen molar-refractivity contribution in [3.05, 3.63) is 0 Å². The first-order valence-electron chi connectivity index (χ1n) is 3.94. The molecule has 0 radical (unpaired) electrons. The van der Waals surface area contributed by atoms with E-state index in [1.54, 1.807) is 0 Å². The third-order valence-corrected chi connectivity index (χ3v) is 1.85. The van der Waals surface area contributed by atoms with Gasteiger partial charge in [-0.25, -0.2) is 0 Å². The zero-order chi connectivity index (χ0) is 10.8. The first-order chi connectivity index (χ1) is 6.37. The maximum Gasteiger partial charge on any atom is 0.443 e. The van der Waals surface area contributed by atoms with Crippen LogP contribution in [0.25, 0.3) is 0 Å². The highest BCUT2D eigenvalue weighted by Gasteiger charge is 2.59. The lowest BCUT2D eigenvalue weighted by molar-refractivity contribution is -0.345. The minimum Gasteiger partial charge on any atom is -0.481 e. The SMILES string of the molecule is O=C(O)CCC1(C(F)(F)F)OCCO1. The van der Waals surface area contributed by atoms with Crippen molar-refractivity contribution in [2.45, 2.75) is 24.8 Å². The third kappa shape index (κ3) is 2.16. The van der Waals surface area contributed by atoms with Crippen LogP contribution in [-0.4, -0.2) is 36.3 Å².